The van der Waals surface area contributed by atoms with Gasteiger partial charge in [0.15, 0.2) is 0 Å². The van der Waals surface area contributed by atoms with Crippen LogP contribution in [-0.2, 0) is 6.42 Å². The van der Waals surface area contributed by atoms with Crippen molar-refractivity contribution < 1.29 is 4.79 Å². The standard InChI is InChI=1S/C14H15N3O/c1-11-6-7-12-4-2-3-5-13(12)17(11)14(18)16-9-8-15-10-16/h2-5,8-11H,6-7H2,1H3. The van der Waals surface area contributed by atoms with Gasteiger partial charge in [-0.05, 0) is 31.4 Å². The molecule has 2 aromatic rings. The first-order valence-corrected chi connectivity index (χ1v) is 6.17. The number of fused-ring (bicyclic) bond motifs is 1. The Labute approximate surface area is 106 Å². The summed E-state index contributed by atoms with van der Waals surface area (Å²) in [6, 6.07) is 8.29. The van der Waals surface area contributed by atoms with Gasteiger partial charge in [-0.15, -0.1) is 0 Å². The molecular formula is C14H15N3O. The molecule has 0 fully saturated rings. The van der Waals surface area contributed by atoms with Crippen LogP contribution >= 0.6 is 0 Å². The molecule has 92 valence electrons. The molecule has 4 nitrogen and oxygen atoms in total. The highest BCUT2D eigenvalue weighted by atomic mass is 16.2. The molecule has 0 saturated carbocycles. The first-order valence-electron chi connectivity index (χ1n) is 6.17. The van der Waals surface area contributed by atoms with E-state index in [-0.39, 0.29) is 12.1 Å². The van der Waals surface area contributed by atoms with Gasteiger partial charge in [0.25, 0.3) is 0 Å². The average molecular weight is 241 g/mol. The van der Waals surface area contributed by atoms with E-state index >= 15 is 0 Å². The van der Waals surface area contributed by atoms with Gasteiger partial charge in [0.05, 0.1) is 0 Å². The largest absolute Gasteiger partial charge is 0.334 e. The van der Waals surface area contributed by atoms with Crippen LogP contribution in [0.3, 0.4) is 0 Å². The third-order valence-electron chi connectivity index (χ3n) is 3.45. The molecule has 1 amide bonds. The number of imidazole rings is 1. The van der Waals surface area contributed by atoms with Crippen molar-refractivity contribution in [3.05, 3.63) is 48.5 Å². The lowest BCUT2D eigenvalue weighted by atomic mass is 9.97. The van der Waals surface area contributed by atoms with Crippen molar-refractivity contribution in [3.63, 3.8) is 0 Å². The predicted molar refractivity (Wildman–Crippen MR) is 69.7 cm³/mol. The lowest BCUT2D eigenvalue weighted by Gasteiger charge is -2.35. The van der Waals surface area contributed by atoms with Crippen LogP contribution in [0.15, 0.2) is 43.0 Å². The lowest BCUT2D eigenvalue weighted by Crippen LogP contribution is -2.44. The molecule has 1 unspecified atom stereocenters. The highest BCUT2D eigenvalue weighted by Crippen LogP contribution is 2.30. The smallest absolute Gasteiger partial charge is 0.291 e. The Morgan fingerprint density at radius 3 is 3.00 bits per heavy atom. The van der Waals surface area contributed by atoms with Gasteiger partial charge in [-0.3, -0.25) is 9.47 Å². The van der Waals surface area contributed by atoms with Crippen LogP contribution in [0.4, 0.5) is 10.5 Å². The Hall–Kier alpha value is -2.10. The Kier molecular flexibility index (Phi) is 2.63. The predicted octanol–water partition coefficient (Wildman–Crippen LogP) is 2.69. The number of amides is 1. The summed E-state index contributed by atoms with van der Waals surface area (Å²) in [6.07, 6.45) is 6.89. The number of carbonyl (C=O) groups excluding carboxylic acids is 1. The molecule has 18 heavy (non-hydrogen) atoms. The van der Waals surface area contributed by atoms with E-state index in [1.54, 1.807) is 18.7 Å². The van der Waals surface area contributed by atoms with E-state index in [1.807, 2.05) is 23.1 Å². The number of carbonyl (C=O) groups is 1. The summed E-state index contributed by atoms with van der Waals surface area (Å²) in [5.74, 6) is 0. The molecular weight excluding hydrogens is 226 g/mol. The number of rotatable bonds is 0. The third kappa shape index (κ3) is 1.70. The fraction of sp³-hybridized carbons (Fsp3) is 0.286. The molecule has 2 heterocycles. The molecule has 1 atom stereocenters. The number of nitrogens with zero attached hydrogens (tertiary/aromatic N) is 3. The molecule has 0 saturated heterocycles. The summed E-state index contributed by atoms with van der Waals surface area (Å²) >= 11 is 0. The van der Waals surface area contributed by atoms with Crippen molar-refractivity contribution in [2.24, 2.45) is 0 Å². The molecule has 0 aliphatic carbocycles. The molecule has 0 N–H and O–H groups in total. The summed E-state index contributed by atoms with van der Waals surface area (Å²) in [5.41, 5.74) is 2.26. The highest BCUT2D eigenvalue weighted by molar-refractivity contribution is 5.95. The van der Waals surface area contributed by atoms with Gasteiger partial charge in [0, 0.05) is 24.1 Å². The second-order valence-corrected chi connectivity index (χ2v) is 4.64. The quantitative estimate of drug-likeness (QED) is 0.711. The Balaban J connectivity index is 2.03. The van der Waals surface area contributed by atoms with Gasteiger partial charge in [0.1, 0.15) is 6.33 Å². The fourth-order valence-corrected chi connectivity index (χ4v) is 2.48. The number of aryl methyl sites for hydroxylation is 1. The van der Waals surface area contributed by atoms with Gasteiger partial charge < -0.3 is 0 Å². The first-order chi connectivity index (χ1) is 8.77. The first kappa shape index (κ1) is 11.0. The van der Waals surface area contributed by atoms with E-state index in [0.717, 1.165) is 18.5 Å². The third-order valence-corrected chi connectivity index (χ3v) is 3.45. The normalized spacial score (nSPS) is 18.5. The minimum absolute atomic E-state index is 0.0350. The van der Waals surface area contributed by atoms with Crippen LogP contribution in [0.25, 0.3) is 0 Å². The van der Waals surface area contributed by atoms with Crippen molar-refractivity contribution in [2.45, 2.75) is 25.8 Å². The number of benzene rings is 1. The molecule has 3 rings (SSSR count). The van der Waals surface area contributed by atoms with E-state index in [2.05, 4.69) is 18.0 Å². The molecule has 1 aliphatic rings. The van der Waals surface area contributed by atoms with E-state index in [1.165, 1.54) is 10.1 Å². The SMILES string of the molecule is CC1CCc2ccccc2N1C(=O)n1ccnc1. The molecule has 0 spiro atoms. The highest BCUT2D eigenvalue weighted by Gasteiger charge is 2.28. The van der Waals surface area contributed by atoms with Crippen LogP contribution < -0.4 is 4.90 Å². The van der Waals surface area contributed by atoms with E-state index in [9.17, 15) is 4.79 Å². The van der Waals surface area contributed by atoms with Gasteiger partial charge in [-0.1, -0.05) is 18.2 Å². The Morgan fingerprint density at radius 1 is 1.39 bits per heavy atom. The van der Waals surface area contributed by atoms with Crippen molar-refractivity contribution in [1.29, 1.82) is 0 Å². The Morgan fingerprint density at radius 2 is 2.22 bits per heavy atom. The minimum atomic E-state index is -0.0350. The zero-order valence-electron chi connectivity index (χ0n) is 10.3. The molecule has 1 aliphatic heterocycles. The second kappa shape index (κ2) is 4.29. The van der Waals surface area contributed by atoms with E-state index in [4.69, 9.17) is 0 Å². The second-order valence-electron chi connectivity index (χ2n) is 4.64. The van der Waals surface area contributed by atoms with Crippen LogP contribution in [0.2, 0.25) is 0 Å². The summed E-state index contributed by atoms with van der Waals surface area (Å²) in [7, 11) is 0. The Bertz CT molecular complexity index is 562. The lowest BCUT2D eigenvalue weighted by molar-refractivity contribution is 0.245. The van der Waals surface area contributed by atoms with Crippen LogP contribution in [0.1, 0.15) is 18.9 Å². The topological polar surface area (TPSA) is 38.1 Å². The number of hydrogen-bond acceptors (Lipinski definition) is 2. The zero-order chi connectivity index (χ0) is 12.5. The van der Waals surface area contributed by atoms with Crippen LogP contribution in [0, 0.1) is 0 Å². The zero-order valence-corrected chi connectivity index (χ0v) is 10.3. The van der Waals surface area contributed by atoms with Crippen LogP contribution in [-0.4, -0.2) is 21.6 Å². The number of hydrogen-bond donors (Lipinski definition) is 0. The summed E-state index contributed by atoms with van der Waals surface area (Å²) in [4.78, 5) is 18.3. The van der Waals surface area contributed by atoms with Crippen molar-refractivity contribution in [3.8, 4) is 0 Å². The van der Waals surface area contributed by atoms with Crippen molar-refractivity contribution in [1.82, 2.24) is 9.55 Å². The summed E-state index contributed by atoms with van der Waals surface area (Å²) < 4.78 is 1.53. The van der Waals surface area contributed by atoms with Gasteiger partial charge in [0.2, 0.25) is 0 Å². The van der Waals surface area contributed by atoms with E-state index < -0.39 is 0 Å². The van der Waals surface area contributed by atoms with Crippen molar-refractivity contribution in [2.75, 3.05) is 4.90 Å². The summed E-state index contributed by atoms with van der Waals surface area (Å²) in [6.45, 7) is 2.09. The summed E-state index contributed by atoms with van der Waals surface area (Å²) in [5, 5.41) is 0. The van der Waals surface area contributed by atoms with Gasteiger partial charge in [-0.25, -0.2) is 9.78 Å². The molecule has 4 heteroatoms. The maximum absolute atomic E-state index is 12.5. The van der Waals surface area contributed by atoms with Gasteiger partial charge in [-0.2, -0.15) is 0 Å². The molecule has 1 aromatic heterocycles. The number of anilines is 1. The molecule has 0 radical (unpaired) electrons. The van der Waals surface area contributed by atoms with Crippen molar-refractivity contribution >= 4 is 11.7 Å². The fourth-order valence-electron chi connectivity index (χ4n) is 2.48. The average Bonchev–Trinajstić information content (AvgIpc) is 2.92. The number of aromatic nitrogens is 2. The minimum Gasteiger partial charge on any atom is -0.291 e. The van der Waals surface area contributed by atoms with E-state index in [0.29, 0.717) is 0 Å². The van der Waals surface area contributed by atoms with Crippen LogP contribution in [0.5, 0.6) is 0 Å². The molecule has 1 aromatic carbocycles. The number of para-hydroxylation sites is 1. The van der Waals surface area contributed by atoms with Gasteiger partial charge >= 0.3 is 6.03 Å². The maximum Gasteiger partial charge on any atom is 0.334 e. The molecule has 0 bridgehead atoms. The monoisotopic (exact) mass is 241 g/mol. The maximum atomic E-state index is 12.5.